The molecule has 7 nitrogen and oxygen atoms in total. The summed E-state index contributed by atoms with van der Waals surface area (Å²) in [4.78, 5) is 50.8. The molecule has 180 valence electrons. The number of ether oxygens (including phenoxy) is 2. The summed E-state index contributed by atoms with van der Waals surface area (Å²) in [7, 11) is 0. The fourth-order valence-corrected chi connectivity index (χ4v) is 3.69. The Morgan fingerprint density at radius 2 is 1.41 bits per heavy atom. The molecule has 1 N–H and O–H groups in total. The first-order valence-corrected chi connectivity index (χ1v) is 11.3. The maximum atomic E-state index is 13.0. The third-order valence-electron chi connectivity index (χ3n) is 5.04. The van der Waals surface area contributed by atoms with Crippen molar-refractivity contribution in [1.82, 2.24) is 5.32 Å². The number of esters is 2. The van der Waals surface area contributed by atoms with E-state index in [1.54, 1.807) is 65.8 Å². The molecule has 2 aromatic rings. The van der Waals surface area contributed by atoms with Crippen molar-refractivity contribution in [2.24, 2.45) is 0 Å². The number of nitrogens with one attached hydrogen (secondary N) is 1. The van der Waals surface area contributed by atoms with E-state index in [1.807, 2.05) is 12.1 Å². The van der Waals surface area contributed by atoms with Gasteiger partial charge in [0.15, 0.2) is 5.78 Å². The number of fused-ring (bicyclic) bond motifs is 3. The predicted octanol–water partition coefficient (Wildman–Crippen LogP) is 4.46. The first kappa shape index (κ1) is 25.1. The van der Waals surface area contributed by atoms with Gasteiger partial charge in [0.05, 0.1) is 0 Å². The summed E-state index contributed by atoms with van der Waals surface area (Å²) in [6, 6.07) is 11.1. The lowest BCUT2D eigenvalue weighted by Crippen LogP contribution is -2.44. The quantitative estimate of drug-likeness (QED) is 0.540. The van der Waals surface area contributed by atoms with Gasteiger partial charge >= 0.3 is 11.9 Å². The van der Waals surface area contributed by atoms with E-state index in [-0.39, 0.29) is 24.2 Å². The van der Waals surface area contributed by atoms with Crippen LogP contribution in [0.4, 0.5) is 0 Å². The molecule has 0 radical (unpaired) electrons. The van der Waals surface area contributed by atoms with Crippen LogP contribution in [0.3, 0.4) is 0 Å². The van der Waals surface area contributed by atoms with Gasteiger partial charge < -0.3 is 14.8 Å². The van der Waals surface area contributed by atoms with Crippen LogP contribution in [-0.2, 0) is 19.1 Å². The summed E-state index contributed by atoms with van der Waals surface area (Å²) in [5.74, 6) is -1.80. The van der Waals surface area contributed by atoms with E-state index in [2.05, 4.69) is 5.32 Å². The Bertz CT molecular complexity index is 1140. The van der Waals surface area contributed by atoms with Gasteiger partial charge in [-0.1, -0.05) is 30.3 Å². The van der Waals surface area contributed by atoms with Gasteiger partial charge in [-0.3, -0.25) is 14.4 Å². The molecule has 1 atom stereocenters. The number of hydrogen-bond acceptors (Lipinski definition) is 6. The van der Waals surface area contributed by atoms with E-state index in [9.17, 15) is 19.2 Å². The van der Waals surface area contributed by atoms with Gasteiger partial charge in [0.25, 0.3) is 5.91 Å². The SMILES string of the molecule is CC(C)(C)OC(=O)CC[C@H](NC(=O)c1ccc2c(c1)C(=O)c1ccccc1-2)C(=O)OC(C)(C)C. The Morgan fingerprint density at radius 3 is 2.03 bits per heavy atom. The highest BCUT2D eigenvalue weighted by atomic mass is 16.6. The zero-order valence-corrected chi connectivity index (χ0v) is 20.5. The summed E-state index contributed by atoms with van der Waals surface area (Å²) in [5.41, 5.74) is 1.46. The van der Waals surface area contributed by atoms with Crippen LogP contribution in [0.2, 0.25) is 0 Å². The normalized spacial score (nSPS) is 13.5. The van der Waals surface area contributed by atoms with Gasteiger partial charge in [-0.2, -0.15) is 0 Å². The van der Waals surface area contributed by atoms with Crippen LogP contribution in [0.5, 0.6) is 0 Å². The molecular formula is C27H31NO6. The minimum absolute atomic E-state index is 0.0187. The van der Waals surface area contributed by atoms with Crippen molar-refractivity contribution < 1.29 is 28.7 Å². The van der Waals surface area contributed by atoms with Crippen LogP contribution >= 0.6 is 0 Å². The highest BCUT2D eigenvalue weighted by molar-refractivity contribution is 6.22. The van der Waals surface area contributed by atoms with Crippen LogP contribution in [0, 0.1) is 0 Å². The Kier molecular flexibility index (Phi) is 6.96. The fourth-order valence-electron chi connectivity index (χ4n) is 3.69. The number of ketones is 1. The lowest BCUT2D eigenvalue weighted by molar-refractivity contribution is -0.158. The number of benzene rings is 2. The lowest BCUT2D eigenvalue weighted by atomic mass is 10.0. The van der Waals surface area contributed by atoms with Crippen molar-refractivity contribution in [3.8, 4) is 11.1 Å². The molecule has 34 heavy (non-hydrogen) atoms. The highest BCUT2D eigenvalue weighted by Crippen LogP contribution is 2.36. The zero-order chi connectivity index (χ0) is 25.3. The molecule has 0 saturated carbocycles. The molecule has 0 bridgehead atoms. The Labute approximate surface area is 199 Å². The molecule has 3 rings (SSSR count). The van der Waals surface area contributed by atoms with Gasteiger partial charge in [0.2, 0.25) is 0 Å². The summed E-state index contributed by atoms with van der Waals surface area (Å²) >= 11 is 0. The maximum absolute atomic E-state index is 13.0. The Hall–Kier alpha value is -3.48. The highest BCUT2D eigenvalue weighted by Gasteiger charge is 2.30. The minimum Gasteiger partial charge on any atom is -0.460 e. The van der Waals surface area contributed by atoms with Gasteiger partial charge in [-0.25, -0.2) is 4.79 Å². The number of rotatable bonds is 6. The standard InChI is InChI=1S/C27H31NO6/c1-26(2,3)33-22(29)14-13-21(25(32)34-27(4,5)6)28-24(31)16-11-12-18-17-9-7-8-10-19(17)23(30)20(18)15-16/h7-12,15,21H,13-14H2,1-6H3,(H,28,31)/t21-/m0/s1. The molecule has 0 saturated heterocycles. The van der Waals surface area contributed by atoms with Gasteiger partial charge in [-0.15, -0.1) is 0 Å². The summed E-state index contributed by atoms with van der Waals surface area (Å²) in [6.45, 7) is 10.4. The summed E-state index contributed by atoms with van der Waals surface area (Å²) < 4.78 is 10.8. The number of hydrogen-bond donors (Lipinski definition) is 1. The zero-order valence-electron chi connectivity index (χ0n) is 20.5. The maximum Gasteiger partial charge on any atom is 0.329 e. The molecule has 0 spiro atoms. The van der Waals surface area contributed by atoms with E-state index in [0.717, 1.165) is 11.1 Å². The van der Waals surface area contributed by atoms with Gasteiger partial charge in [-0.05, 0) is 71.2 Å². The molecule has 0 aliphatic heterocycles. The minimum atomic E-state index is -1.06. The third-order valence-corrected chi connectivity index (χ3v) is 5.04. The molecule has 7 heteroatoms. The molecule has 0 heterocycles. The number of amides is 1. The van der Waals surface area contributed by atoms with Crippen molar-refractivity contribution >= 4 is 23.6 Å². The molecule has 1 amide bonds. The molecule has 1 aliphatic carbocycles. The van der Waals surface area contributed by atoms with Crippen LogP contribution < -0.4 is 5.32 Å². The predicted molar refractivity (Wildman–Crippen MR) is 127 cm³/mol. The third kappa shape index (κ3) is 6.10. The van der Waals surface area contributed by atoms with E-state index in [4.69, 9.17) is 9.47 Å². The summed E-state index contributed by atoms with van der Waals surface area (Å²) in [5, 5.41) is 2.67. The first-order valence-electron chi connectivity index (χ1n) is 11.3. The van der Waals surface area contributed by atoms with Gasteiger partial charge in [0.1, 0.15) is 17.2 Å². The van der Waals surface area contributed by atoms with Crippen LogP contribution in [-0.4, -0.2) is 40.9 Å². The molecule has 0 fully saturated rings. The van der Waals surface area contributed by atoms with E-state index in [0.29, 0.717) is 11.1 Å². The van der Waals surface area contributed by atoms with E-state index >= 15 is 0 Å². The van der Waals surface area contributed by atoms with Crippen molar-refractivity contribution in [3.05, 3.63) is 59.2 Å². The van der Waals surface area contributed by atoms with Crippen LogP contribution in [0.15, 0.2) is 42.5 Å². The molecule has 0 unspecified atom stereocenters. The Morgan fingerprint density at radius 1 is 0.824 bits per heavy atom. The molecule has 1 aliphatic rings. The average molecular weight is 466 g/mol. The van der Waals surface area contributed by atoms with Crippen molar-refractivity contribution in [1.29, 1.82) is 0 Å². The second-order valence-electron chi connectivity index (χ2n) is 10.3. The summed E-state index contributed by atoms with van der Waals surface area (Å²) in [6.07, 6.45) is -0.0513. The smallest absolute Gasteiger partial charge is 0.329 e. The topological polar surface area (TPSA) is 98.8 Å². The first-order chi connectivity index (χ1) is 15.7. The Balaban J connectivity index is 1.78. The van der Waals surface area contributed by atoms with Crippen molar-refractivity contribution in [3.63, 3.8) is 0 Å². The second kappa shape index (κ2) is 9.41. The van der Waals surface area contributed by atoms with Crippen LogP contribution in [0.1, 0.15) is 80.7 Å². The van der Waals surface area contributed by atoms with Gasteiger partial charge in [0, 0.05) is 23.1 Å². The molecule has 2 aromatic carbocycles. The molecular weight excluding hydrogens is 434 g/mol. The fraction of sp³-hybridized carbons (Fsp3) is 0.407. The molecule has 0 aromatic heterocycles. The van der Waals surface area contributed by atoms with Crippen LogP contribution in [0.25, 0.3) is 11.1 Å². The van der Waals surface area contributed by atoms with Crippen molar-refractivity contribution in [2.45, 2.75) is 71.6 Å². The van der Waals surface area contributed by atoms with Crippen molar-refractivity contribution in [2.75, 3.05) is 0 Å². The number of carbonyl (C=O) groups is 4. The van der Waals surface area contributed by atoms with E-state index < -0.39 is 35.1 Å². The average Bonchev–Trinajstić information content (AvgIpc) is 3.00. The monoisotopic (exact) mass is 465 g/mol. The second-order valence-corrected chi connectivity index (χ2v) is 10.3. The lowest BCUT2D eigenvalue weighted by Gasteiger charge is -2.25. The van der Waals surface area contributed by atoms with E-state index in [1.165, 1.54) is 6.07 Å². The largest absolute Gasteiger partial charge is 0.460 e. The number of carbonyl (C=O) groups excluding carboxylic acids is 4.